The number of nitrogens with zero attached hydrogens (tertiary/aromatic N) is 1. The molecular formula is C23H27N3O3S. The Hall–Kier alpha value is -2.80. The van der Waals surface area contributed by atoms with Gasteiger partial charge in [0.2, 0.25) is 0 Å². The number of carbonyl (C=O) groups excluding carboxylic acids is 1. The van der Waals surface area contributed by atoms with Gasteiger partial charge in [-0.1, -0.05) is 19.9 Å². The van der Waals surface area contributed by atoms with Crippen molar-refractivity contribution in [3.63, 3.8) is 0 Å². The molecule has 1 aliphatic rings. The lowest BCUT2D eigenvalue weighted by atomic mass is 10.0. The van der Waals surface area contributed by atoms with Gasteiger partial charge in [-0.2, -0.15) is 0 Å². The summed E-state index contributed by atoms with van der Waals surface area (Å²) in [6.07, 6.45) is 3.27. The molecule has 0 spiro atoms. The summed E-state index contributed by atoms with van der Waals surface area (Å²) in [7, 11) is -3.86. The SMILES string of the molecule is CC(C)C[C@@H](C)N(c1ccc2[nH]ccc2c1)S(=O)(=O)c1ccc2c(c1)C(=O)NCC2. The van der Waals surface area contributed by atoms with E-state index in [-0.39, 0.29) is 16.8 Å². The number of aromatic amines is 1. The molecule has 1 atom stereocenters. The molecule has 0 fully saturated rings. The van der Waals surface area contributed by atoms with Crippen molar-refractivity contribution in [2.24, 2.45) is 5.92 Å². The smallest absolute Gasteiger partial charge is 0.264 e. The van der Waals surface area contributed by atoms with Gasteiger partial charge in [0, 0.05) is 35.2 Å². The molecule has 158 valence electrons. The topological polar surface area (TPSA) is 82.3 Å². The van der Waals surface area contributed by atoms with Crippen molar-refractivity contribution in [3.8, 4) is 0 Å². The Kier molecular flexibility index (Phi) is 5.32. The Balaban J connectivity index is 1.83. The van der Waals surface area contributed by atoms with Crippen LogP contribution in [0.3, 0.4) is 0 Å². The third-order valence-corrected chi connectivity index (χ3v) is 7.51. The first-order valence-electron chi connectivity index (χ1n) is 10.3. The molecule has 0 saturated heterocycles. The van der Waals surface area contributed by atoms with Crippen molar-refractivity contribution in [3.05, 3.63) is 59.8 Å². The average molecular weight is 426 g/mol. The Morgan fingerprint density at radius 1 is 1.07 bits per heavy atom. The zero-order valence-corrected chi connectivity index (χ0v) is 18.3. The first-order chi connectivity index (χ1) is 14.3. The number of sulfonamides is 1. The zero-order valence-electron chi connectivity index (χ0n) is 17.5. The Bertz CT molecular complexity index is 1200. The van der Waals surface area contributed by atoms with Crippen LogP contribution in [0.4, 0.5) is 5.69 Å². The van der Waals surface area contributed by atoms with Crippen LogP contribution in [0.5, 0.6) is 0 Å². The van der Waals surface area contributed by atoms with Gasteiger partial charge in [-0.3, -0.25) is 9.10 Å². The van der Waals surface area contributed by atoms with E-state index in [1.54, 1.807) is 12.1 Å². The molecule has 2 heterocycles. The van der Waals surface area contributed by atoms with Gasteiger partial charge in [-0.05, 0) is 67.6 Å². The van der Waals surface area contributed by atoms with E-state index in [1.165, 1.54) is 10.4 Å². The third-order valence-electron chi connectivity index (χ3n) is 5.57. The zero-order chi connectivity index (χ0) is 21.5. The van der Waals surface area contributed by atoms with Crippen LogP contribution >= 0.6 is 0 Å². The summed E-state index contributed by atoms with van der Waals surface area (Å²) < 4.78 is 29.1. The molecule has 1 amide bonds. The molecule has 7 heteroatoms. The number of anilines is 1. The first kappa shape index (κ1) is 20.5. The second kappa shape index (κ2) is 7.80. The molecule has 0 saturated carbocycles. The standard InChI is InChI=1S/C23H27N3O3S/c1-15(2)12-16(3)26(19-5-7-22-18(13-19)9-10-24-22)30(28,29)20-6-4-17-8-11-25-23(27)21(17)14-20/h4-7,9-10,13-16,24H,8,11-12H2,1-3H3,(H,25,27)/t16-/m1/s1. The maximum Gasteiger partial charge on any atom is 0.264 e. The van der Waals surface area contributed by atoms with Gasteiger partial charge < -0.3 is 10.3 Å². The van der Waals surface area contributed by atoms with Gasteiger partial charge >= 0.3 is 0 Å². The molecule has 2 aromatic carbocycles. The maximum atomic E-state index is 13.8. The molecule has 1 aliphatic heterocycles. The van der Waals surface area contributed by atoms with Crippen molar-refractivity contribution >= 4 is 32.5 Å². The highest BCUT2D eigenvalue weighted by Gasteiger charge is 2.31. The fourth-order valence-corrected chi connectivity index (χ4v) is 5.94. The van der Waals surface area contributed by atoms with Crippen molar-refractivity contribution in [2.45, 2.75) is 44.6 Å². The first-order valence-corrected chi connectivity index (χ1v) is 11.7. The number of aromatic nitrogens is 1. The van der Waals surface area contributed by atoms with E-state index in [2.05, 4.69) is 24.1 Å². The minimum absolute atomic E-state index is 0.142. The molecule has 3 aromatic rings. The molecule has 6 nitrogen and oxygen atoms in total. The molecule has 0 aliphatic carbocycles. The molecule has 0 radical (unpaired) electrons. The summed E-state index contributed by atoms with van der Waals surface area (Å²) in [5.74, 6) is 0.117. The minimum Gasteiger partial charge on any atom is -0.361 e. The van der Waals surface area contributed by atoms with Crippen LogP contribution < -0.4 is 9.62 Å². The highest BCUT2D eigenvalue weighted by atomic mass is 32.2. The van der Waals surface area contributed by atoms with E-state index in [0.717, 1.165) is 22.9 Å². The predicted octanol–water partition coefficient (Wildman–Crippen LogP) is 4.08. The van der Waals surface area contributed by atoms with Crippen molar-refractivity contribution < 1.29 is 13.2 Å². The van der Waals surface area contributed by atoms with Crippen molar-refractivity contribution in [1.82, 2.24) is 10.3 Å². The number of fused-ring (bicyclic) bond motifs is 2. The normalized spacial score (nSPS) is 15.1. The quantitative estimate of drug-likeness (QED) is 0.624. The monoisotopic (exact) mass is 425 g/mol. The van der Waals surface area contributed by atoms with Gasteiger partial charge in [0.15, 0.2) is 0 Å². The highest BCUT2D eigenvalue weighted by Crippen LogP contribution is 2.32. The molecular weight excluding hydrogens is 398 g/mol. The van der Waals surface area contributed by atoms with Gasteiger partial charge in [-0.25, -0.2) is 8.42 Å². The number of hydrogen-bond donors (Lipinski definition) is 2. The van der Waals surface area contributed by atoms with Gasteiger partial charge in [0.25, 0.3) is 15.9 Å². The average Bonchev–Trinajstić information content (AvgIpc) is 3.15. The minimum atomic E-state index is -3.86. The fraction of sp³-hybridized carbons (Fsp3) is 0.348. The van der Waals surface area contributed by atoms with Gasteiger partial charge in [0.05, 0.1) is 10.6 Å². The van der Waals surface area contributed by atoms with E-state index >= 15 is 0 Å². The summed E-state index contributed by atoms with van der Waals surface area (Å²) in [6, 6.07) is 12.2. The van der Waals surface area contributed by atoms with E-state index in [9.17, 15) is 13.2 Å². The van der Waals surface area contributed by atoms with Crippen LogP contribution in [0.2, 0.25) is 0 Å². The van der Waals surface area contributed by atoms with Crippen LogP contribution in [0.25, 0.3) is 10.9 Å². The van der Waals surface area contributed by atoms with Crippen molar-refractivity contribution in [1.29, 1.82) is 0 Å². The van der Waals surface area contributed by atoms with E-state index in [0.29, 0.717) is 30.1 Å². The third kappa shape index (κ3) is 3.69. The number of benzene rings is 2. The van der Waals surface area contributed by atoms with Crippen LogP contribution in [-0.2, 0) is 16.4 Å². The summed E-state index contributed by atoms with van der Waals surface area (Å²) in [5.41, 5.74) is 2.91. The van der Waals surface area contributed by atoms with Gasteiger partial charge in [0.1, 0.15) is 0 Å². The van der Waals surface area contributed by atoms with E-state index < -0.39 is 10.0 Å². The number of carbonyl (C=O) groups is 1. The number of nitrogens with one attached hydrogen (secondary N) is 2. The number of amides is 1. The molecule has 30 heavy (non-hydrogen) atoms. The highest BCUT2D eigenvalue weighted by molar-refractivity contribution is 7.92. The van der Waals surface area contributed by atoms with Crippen LogP contribution in [0.1, 0.15) is 43.1 Å². The summed E-state index contributed by atoms with van der Waals surface area (Å²) in [5, 5.41) is 3.75. The molecule has 4 rings (SSSR count). The number of H-pyrrole nitrogens is 1. The lowest BCUT2D eigenvalue weighted by Gasteiger charge is -2.32. The molecule has 0 unspecified atom stereocenters. The summed E-state index contributed by atoms with van der Waals surface area (Å²) in [6.45, 7) is 6.68. The lowest BCUT2D eigenvalue weighted by molar-refractivity contribution is 0.0945. The van der Waals surface area contributed by atoms with Crippen molar-refractivity contribution in [2.75, 3.05) is 10.8 Å². The summed E-state index contributed by atoms with van der Waals surface area (Å²) >= 11 is 0. The second-order valence-electron chi connectivity index (χ2n) is 8.35. The maximum absolute atomic E-state index is 13.8. The Morgan fingerprint density at radius 2 is 1.87 bits per heavy atom. The molecule has 2 N–H and O–H groups in total. The van der Waals surface area contributed by atoms with Crippen LogP contribution in [-0.4, -0.2) is 31.9 Å². The second-order valence-corrected chi connectivity index (χ2v) is 10.2. The largest absolute Gasteiger partial charge is 0.361 e. The summed E-state index contributed by atoms with van der Waals surface area (Å²) in [4.78, 5) is 15.6. The van der Waals surface area contributed by atoms with E-state index in [1.807, 2.05) is 37.4 Å². The van der Waals surface area contributed by atoms with Crippen LogP contribution in [0, 0.1) is 5.92 Å². The predicted molar refractivity (Wildman–Crippen MR) is 119 cm³/mol. The lowest BCUT2D eigenvalue weighted by Crippen LogP contribution is -2.40. The fourth-order valence-electron chi connectivity index (χ4n) is 4.25. The Morgan fingerprint density at radius 3 is 2.63 bits per heavy atom. The van der Waals surface area contributed by atoms with Gasteiger partial charge in [-0.15, -0.1) is 0 Å². The molecule has 0 bridgehead atoms. The Labute approximate surface area is 177 Å². The number of rotatable bonds is 6. The van der Waals surface area contributed by atoms with E-state index in [4.69, 9.17) is 0 Å². The number of hydrogen-bond acceptors (Lipinski definition) is 3. The molecule has 1 aromatic heterocycles. The van der Waals surface area contributed by atoms with Crippen LogP contribution in [0.15, 0.2) is 53.6 Å².